The number of nitrogens with two attached hydrogens (primary N) is 1. The summed E-state index contributed by atoms with van der Waals surface area (Å²) in [6, 6.07) is 17.4. The van der Waals surface area contributed by atoms with Crippen molar-refractivity contribution in [1.29, 1.82) is 0 Å². The molecule has 3 aromatic carbocycles. The fourth-order valence-electron chi connectivity index (χ4n) is 4.52. The lowest BCUT2D eigenvalue weighted by Crippen LogP contribution is -2.51. The smallest absolute Gasteiger partial charge is 0.258 e. The zero-order valence-corrected chi connectivity index (χ0v) is 20.3. The second-order valence-electron chi connectivity index (χ2n) is 8.96. The molecule has 0 aromatic heterocycles. The molecule has 7 nitrogen and oxygen atoms in total. The maximum Gasteiger partial charge on any atom is 0.258 e. The third kappa shape index (κ3) is 4.75. The Morgan fingerprint density at radius 2 is 1.74 bits per heavy atom. The zero-order chi connectivity index (χ0) is 25.3. The van der Waals surface area contributed by atoms with Gasteiger partial charge in [-0.15, -0.1) is 0 Å². The quantitative estimate of drug-likeness (QED) is 0.545. The number of hydrogen-bond acceptors (Lipinski definition) is 5. The third-order valence-electron chi connectivity index (χ3n) is 6.14. The predicted octanol–water partition coefficient (Wildman–Crippen LogP) is 4.11. The van der Waals surface area contributed by atoms with Crippen LogP contribution in [0.25, 0.3) is 11.1 Å². The molecule has 3 amide bonds. The molecule has 35 heavy (non-hydrogen) atoms. The lowest BCUT2D eigenvalue weighted by molar-refractivity contribution is -0.131. The summed E-state index contributed by atoms with van der Waals surface area (Å²) in [7, 11) is 0. The lowest BCUT2D eigenvalue weighted by atomic mass is 9.92. The van der Waals surface area contributed by atoms with Gasteiger partial charge in [0.15, 0.2) is 6.61 Å². The van der Waals surface area contributed by atoms with Crippen LogP contribution in [0.15, 0.2) is 60.7 Å². The van der Waals surface area contributed by atoms with E-state index in [0.717, 1.165) is 27.2 Å². The summed E-state index contributed by atoms with van der Waals surface area (Å²) in [6.07, 6.45) is 0. The van der Waals surface area contributed by atoms with Gasteiger partial charge in [0.25, 0.3) is 11.8 Å². The van der Waals surface area contributed by atoms with Crippen LogP contribution in [0.3, 0.4) is 0 Å². The highest BCUT2D eigenvalue weighted by molar-refractivity contribution is 6.22. The molecule has 7 heteroatoms. The number of carbonyl (C=O) groups is 3. The molecule has 0 fully saturated rings. The van der Waals surface area contributed by atoms with Crippen LogP contribution in [-0.4, -0.2) is 30.4 Å². The van der Waals surface area contributed by atoms with Gasteiger partial charge in [0.1, 0.15) is 11.8 Å². The number of imide groups is 1. The number of fused-ring (bicyclic) bond motifs is 3. The molecule has 1 heterocycles. The van der Waals surface area contributed by atoms with Gasteiger partial charge in [0.05, 0.1) is 11.6 Å². The van der Waals surface area contributed by atoms with Gasteiger partial charge >= 0.3 is 0 Å². The zero-order valence-electron chi connectivity index (χ0n) is 20.3. The summed E-state index contributed by atoms with van der Waals surface area (Å²) >= 11 is 0. The SMILES string of the molecule is Cc1cc(C)cc(OCC(=O)N[C@@H](C)C(=O)N2C(=O)C(C)c3ccccc3-c3c(N)cccc32)c1. The van der Waals surface area contributed by atoms with Crippen LogP contribution in [0.1, 0.15) is 36.5 Å². The average Bonchev–Trinajstić information content (AvgIpc) is 2.90. The number of nitrogens with one attached hydrogen (secondary N) is 1. The van der Waals surface area contributed by atoms with E-state index in [1.807, 2.05) is 56.3 Å². The van der Waals surface area contributed by atoms with Crippen molar-refractivity contribution in [2.75, 3.05) is 17.2 Å². The molecular formula is C28H29N3O4. The monoisotopic (exact) mass is 471 g/mol. The molecule has 0 spiro atoms. The van der Waals surface area contributed by atoms with E-state index >= 15 is 0 Å². The molecule has 1 unspecified atom stereocenters. The highest BCUT2D eigenvalue weighted by atomic mass is 16.5. The second kappa shape index (κ2) is 9.62. The number of nitrogens with zero attached hydrogens (tertiary/aromatic N) is 1. The minimum Gasteiger partial charge on any atom is -0.484 e. The summed E-state index contributed by atoms with van der Waals surface area (Å²) < 4.78 is 5.61. The molecular weight excluding hydrogens is 442 g/mol. The Kier molecular flexibility index (Phi) is 6.60. The first-order chi connectivity index (χ1) is 16.7. The van der Waals surface area contributed by atoms with E-state index in [0.29, 0.717) is 22.7 Å². The Balaban J connectivity index is 1.57. The standard InChI is InChI=1S/C28H29N3O4/c1-16-12-17(2)14-20(13-16)35-15-25(32)30-19(4)28(34)31-24-11-7-10-23(29)26(24)22-9-6-5-8-21(22)18(3)27(31)33/h5-14,18-19H,15,29H2,1-4H3,(H,30,32)/t18?,19-/m0/s1. The molecule has 3 aromatic rings. The van der Waals surface area contributed by atoms with Gasteiger partial charge in [-0.3, -0.25) is 14.4 Å². The number of aryl methyl sites for hydroxylation is 2. The van der Waals surface area contributed by atoms with Gasteiger partial charge < -0.3 is 15.8 Å². The maximum absolute atomic E-state index is 13.5. The van der Waals surface area contributed by atoms with Crippen LogP contribution in [-0.2, 0) is 14.4 Å². The molecule has 4 rings (SSSR count). The van der Waals surface area contributed by atoms with Crippen LogP contribution in [0.4, 0.5) is 11.4 Å². The van der Waals surface area contributed by atoms with Crippen LogP contribution < -0.4 is 20.7 Å². The minimum absolute atomic E-state index is 0.250. The number of hydrogen-bond donors (Lipinski definition) is 2. The first-order valence-electron chi connectivity index (χ1n) is 11.5. The number of carbonyl (C=O) groups excluding carboxylic acids is 3. The number of rotatable bonds is 5. The van der Waals surface area contributed by atoms with E-state index < -0.39 is 23.8 Å². The summed E-state index contributed by atoms with van der Waals surface area (Å²) in [5, 5.41) is 2.66. The Morgan fingerprint density at radius 3 is 2.46 bits per heavy atom. The normalized spacial score (nSPS) is 15.5. The minimum atomic E-state index is -0.961. The Labute approximate surface area is 204 Å². The van der Waals surface area contributed by atoms with E-state index in [1.54, 1.807) is 32.0 Å². The van der Waals surface area contributed by atoms with Crippen molar-refractivity contribution in [2.45, 2.75) is 39.7 Å². The van der Waals surface area contributed by atoms with Crippen molar-refractivity contribution in [3.63, 3.8) is 0 Å². The fraction of sp³-hybridized carbons (Fsp3) is 0.250. The first kappa shape index (κ1) is 24.0. The highest BCUT2D eigenvalue weighted by Crippen LogP contribution is 2.44. The van der Waals surface area contributed by atoms with Crippen LogP contribution in [0.5, 0.6) is 5.75 Å². The molecule has 1 aliphatic heterocycles. The van der Waals surface area contributed by atoms with Gasteiger partial charge in [-0.05, 0) is 74.2 Å². The number of nitrogen functional groups attached to an aromatic ring is 1. The largest absolute Gasteiger partial charge is 0.484 e. The number of amides is 3. The molecule has 180 valence electrons. The summed E-state index contributed by atoms with van der Waals surface area (Å²) in [6.45, 7) is 6.97. The van der Waals surface area contributed by atoms with E-state index in [1.165, 1.54) is 0 Å². The molecule has 2 atom stereocenters. The van der Waals surface area contributed by atoms with Gasteiger partial charge in [-0.1, -0.05) is 36.4 Å². The third-order valence-corrected chi connectivity index (χ3v) is 6.14. The lowest BCUT2D eigenvalue weighted by Gasteiger charge is -2.26. The van der Waals surface area contributed by atoms with Crippen molar-refractivity contribution in [2.24, 2.45) is 0 Å². The van der Waals surface area contributed by atoms with E-state index in [-0.39, 0.29) is 12.5 Å². The molecule has 0 aliphatic carbocycles. The average molecular weight is 472 g/mol. The van der Waals surface area contributed by atoms with Crippen LogP contribution in [0, 0.1) is 13.8 Å². The van der Waals surface area contributed by atoms with E-state index in [2.05, 4.69) is 5.32 Å². The van der Waals surface area contributed by atoms with Gasteiger partial charge in [0, 0.05) is 11.3 Å². The second-order valence-corrected chi connectivity index (χ2v) is 8.96. The highest BCUT2D eigenvalue weighted by Gasteiger charge is 2.37. The van der Waals surface area contributed by atoms with Crippen LogP contribution >= 0.6 is 0 Å². The molecule has 0 radical (unpaired) electrons. The summed E-state index contributed by atoms with van der Waals surface area (Å²) in [5.74, 6) is -1.37. The van der Waals surface area contributed by atoms with Gasteiger partial charge in [-0.25, -0.2) is 4.90 Å². The predicted molar refractivity (Wildman–Crippen MR) is 136 cm³/mol. The van der Waals surface area contributed by atoms with Gasteiger partial charge in [-0.2, -0.15) is 0 Å². The van der Waals surface area contributed by atoms with Crippen molar-refractivity contribution in [1.82, 2.24) is 5.32 Å². The summed E-state index contributed by atoms with van der Waals surface area (Å²) in [4.78, 5) is 40.8. The maximum atomic E-state index is 13.5. The van der Waals surface area contributed by atoms with E-state index in [9.17, 15) is 14.4 Å². The fourth-order valence-corrected chi connectivity index (χ4v) is 4.52. The Morgan fingerprint density at radius 1 is 1.06 bits per heavy atom. The number of anilines is 2. The number of benzene rings is 3. The summed E-state index contributed by atoms with van der Waals surface area (Å²) in [5.41, 5.74) is 11.5. The molecule has 0 saturated carbocycles. The Hall–Kier alpha value is -4.13. The van der Waals surface area contributed by atoms with Crippen LogP contribution in [0.2, 0.25) is 0 Å². The van der Waals surface area contributed by atoms with Crippen molar-refractivity contribution in [3.8, 4) is 16.9 Å². The van der Waals surface area contributed by atoms with Crippen molar-refractivity contribution >= 4 is 29.1 Å². The van der Waals surface area contributed by atoms with Gasteiger partial charge in [0.2, 0.25) is 5.91 Å². The first-order valence-corrected chi connectivity index (χ1v) is 11.5. The molecule has 1 aliphatic rings. The molecule has 0 saturated heterocycles. The number of ether oxygens (including phenoxy) is 1. The van der Waals surface area contributed by atoms with E-state index in [4.69, 9.17) is 10.5 Å². The topological polar surface area (TPSA) is 102 Å². The Bertz CT molecular complexity index is 1300. The molecule has 0 bridgehead atoms. The van der Waals surface area contributed by atoms with Crippen molar-refractivity contribution in [3.05, 3.63) is 77.4 Å². The van der Waals surface area contributed by atoms with Crippen molar-refractivity contribution < 1.29 is 19.1 Å². The molecule has 3 N–H and O–H groups in total.